The second-order valence-electron chi connectivity index (χ2n) is 11.9. The molecule has 0 saturated carbocycles. The van der Waals surface area contributed by atoms with Gasteiger partial charge in [0.1, 0.15) is 11.2 Å². The fourth-order valence-electron chi connectivity index (χ4n) is 5.28. The second-order valence-corrected chi connectivity index (χ2v) is 11.9. The van der Waals surface area contributed by atoms with E-state index in [1.807, 2.05) is 0 Å². The third-order valence-corrected chi connectivity index (χ3v) is 7.41. The first-order chi connectivity index (χ1) is 16.1. The molecule has 0 amide bonds. The van der Waals surface area contributed by atoms with E-state index in [0.717, 1.165) is 17.6 Å². The maximum absolute atomic E-state index is 6.56. The molecule has 1 nitrogen and oxygen atoms in total. The predicted octanol–water partition coefficient (Wildman–Crippen LogP) is 9.42. The van der Waals surface area contributed by atoms with Gasteiger partial charge >= 0.3 is 0 Å². The molecule has 1 heterocycles. The fourth-order valence-corrected chi connectivity index (χ4v) is 5.28. The summed E-state index contributed by atoms with van der Waals surface area (Å²) in [6, 6.07) is 27.1. The first-order valence-electron chi connectivity index (χ1n) is 12.3. The molecule has 5 aromatic rings. The number of benzene rings is 4. The first kappa shape index (κ1) is 21.2. The van der Waals surface area contributed by atoms with Crippen LogP contribution in [0, 0.1) is 0 Å². The Balaban J connectivity index is 1.64. The molecule has 6 rings (SSSR count). The molecular weight excluding hydrogens is 412 g/mol. The van der Waals surface area contributed by atoms with E-state index in [1.54, 1.807) is 0 Å². The molecule has 1 aliphatic rings. The molecule has 0 atom stereocenters. The lowest BCUT2D eigenvalue weighted by Gasteiger charge is -2.21. The Morgan fingerprint density at radius 1 is 0.588 bits per heavy atom. The highest BCUT2D eigenvalue weighted by molar-refractivity contribution is 6.10. The first-order valence-corrected chi connectivity index (χ1v) is 12.3. The molecule has 4 aromatic carbocycles. The second kappa shape index (κ2) is 7.09. The Labute approximate surface area is 202 Å². The van der Waals surface area contributed by atoms with Gasteiger partial charge in [0.2, 0.25) is 0 Å². The van der Waals surface area contributed by atoms with Gasteiger partial charge in [-0.05, 0) is 86.5 Å². The average molecular weight is 445 g/mol. The van der Waals surface area contributed by atoms with Gasteiger partial charge in [-0.25, -0.2) is 0 Å². The summed E-state index contributed by atoms with van der Waals surface area (Å²) in [6.07, 6.45) is 1.02. The van der Waals surface area contributed by atoms with Gasteiger partial charge in [-0.15, -0.1) is 0 Å². The summed E-state index contributed by atoms with van der Waals surface area (Å²) in [5.74, 6) is 0. The van der Waals surface area contributed by atoms with Crippen molar-refractivity contribution in [1.82, 2.24) is 0 Å². The highest BCUT2D eigenvalue weighted by Gasteiger charge is 2.24. The van der Waals surface area contributed by atoms with E-state index in [2.05, 4.69) is 114 Å². The lowest BCUT2D eigenvalue weighted by Crippen LogP contribution is -2.11. The lowest BCUT2D eigenvalue weighted by atomic mass is 9.83. The topological polar surface area (TPSA) is 13.1 Å². The van der Waals surface area contributed by atoms with Gasteiger partial charge in [-0.2, -0.15) is 0 Å². The molecule has 0 bridgehead atoms. The van der Waals surface area contributed by atoms with Crippen LogP contribution < -0.4 is 0 Å². The van der Waals surface area contributed by atoms with Crippen molar-refractivity contribution in [2.45, 2.75) is 58.8 Å². The number of hydrogen-bond donors (Lipinski definition) is 0. The molecule has 0 N–H and O–H groups in total. The van der Waals surface area contributed by atoms with Crippen molar-refractivity contribution in [3.63, 3.8) is 0 Å². The van der Waals surface area contributed by atoms with Crippen molar-refractivity contribution >= 4 is 21.9 Å². The molecule has 0 aliphatic heterocycles. The van der Waals surface area contributed by atoms with Crippen LogP contribution in [0.4, 0.5) is 0 Å². The van der Waals surface area contributed by atoms with Crippen molar-refractivity contribution in [3.05, 3.63) is 95.1 Å². The van der Waals surface area contributed by atoms with Crippen LogP contribution in [0.3, 0.4) is 0 Å². The SMILES string of the molecule is CC(C)(C)c1ccc2oc3c(-c4ccc5c(c4)-c4ccccc4C5)cc(C(C)(C)C)cc3c2c1. The summed E-state index contributed by atoms with van der Waals surface area (Å²) in [6.45, 7) is 13.7. The number of hydrogen-bond acceptors (Lipinski definition) is 1. The largest absolute Gasteiger partial charge is 0.455 e. The summed E-state index contributed by atoms with van der Waals surface area (Å²) in [5, 5.41) is 2.42. The highest BCUT2D eigenvalue weighted by atomic mass is 16.3. The van der Waals surface area contributed by atoms with Crippen molar-refractivity contribution in [2.75, 3.05) is 0 Å². The molecule has 0 fully saturated rings. The Bertz CT molecular complexity index is 1580. The van der Waals surface area contributed by atoms with E-state index < -0.39 is 0 Å². The molecule has 0 spiro atoms. The van der Waals surface area contributed by atoms with Crippen LogP contribution in [0.15, 0.2) is 77.2 Å². The van der Waals surface area contributed by atoms with Crippen LogP contribution in [-0.2, 0) is 17.3 Å². The van der Waals surface area contributed by atoms with E-state index in [-0.39, 0.29) is 10.8 Å². The van der Waals surface area contributed by atoms with Crippen LogP contribution in [0.5, 0.6) is 0 Å². The summed E-state index contributed by atoms with van der Waals surface area (Å²) in [7, 11) is 0. The number of fused-ring (bicyclic) bond motifs is 6. The molecule has 0 radical (unpaired) electrons. The van der Waals surface area contributed by atoms with E-state index in [1.165, 1.54) is 55.3 Å². The minimum atomic E-state index is 0.0392. The van der Waals surface area contributed by atoms with Gasteiger partial charge < -0.3 is 4.42 Å². The third-order valence-electron chi connectivity index (χ3n) is 7.41. The summed E-state index contributed by atoms with van der Waals surface area (Å²) in [4.78, 5) is 0. The van der Waals surface area contributed by atoms with Crippen molar-refractivity contribution < 1.29 is 4.42 Å². The highest BCUT2D eigenvalue weighted by Crippen LogP contribution is 2.43. The monoisotopic (exact) mass is 444 g/mol. The Morgan fingerprint density at radius 3 is 2.06 bits per heavy atom. The molecule has 170 valence electrons. The van der Waals surface area contributed by atoms with E-state index >= 15 is 0 Å². The van der Waals surface area contributed by atoms with Gasteiger partial charge in [-0.1, -0.05) is 84.0 Å². The Morgan fingerprint density at radius 2 is 1.29 bits per heavy atom. The summed E-state index contributed by atoms with van der Waals surface area (Å²) < 4.78 is 6.56. The van der Waals surface area contributed by atoms with Crippen LogP contribution in [0.1, 0.15) is 63.8 Å². The van der Waals surface area contributed by atoms with Crippen molar-refractivity contribution in [1.29, 1.82) is 0 Å². The minimum Gasteiger partial charge on any atom is -0.455 e. The molecule has 1 aliphatic carbocycles. The van der Waals surface area contributed by atoms with E-state index in [0.29, 0.717) is 0 Å². The quantitative estimate of drug-likeness (QED) is 0.246. The van der Waals surface area contributed by atoms with E-state index in [9.17, 15) is 0 Å². The van der Waals surface area contributed by atoms with Crippen molar-refractivity contribution in [3.8, 4) is 22.3 Å². The van der Waals surface area contributed by atoms with Gasteiger partial charge in [0, 0.05) is 16.3 Å². The zero-order valence-electron chi connectivity index (χ0n) is 21.0. The molecule has 1 heteroatoms. The average Bonchev–Trinajstić information content (AvgIpc) is 3.34. The zero-order chi connectivity index (χ0) is 23.8. The third kappa shape index (κ3) is 3.29. The lowest BCUT2D eigenvalue weighted by molar-refractivity contribution is 0.590. The maximum atomic E-state index is 6.56. The van der Waals surface area contributed by atoms with Gasteiger partial charge in [0.15, 0.2) is 0 Å². The zero-order valence-corrected chi connectivity index (χ0v) is 21.0. The van der Waals surface area contributed by atoms with Crippen LogP contribution in [0.2, 0.25) is 0 Å². The molecule has 1 aromatic heterocycles. The van der Waals surface area contributed by atoms with Gasteiger partial charge in [0.05, 0.1) is 0 Å². The van der Waals surface area contributed by atoms with Gasteiger partial charge in [-0.3, -0.25) is 0 Å². The molecular formula is C33H32O. The van der Waals surface area contributed by atoms with E-state index in [4.69, 9.17) is 4.42 Å². The van der Waals surface area contributed by atoms with Crippen molar-refractivity contribution in [2.24, 2.45) is 0 Å². The molecule has 0 unspecified atom stereocenters. The van der Waals surface area contributed by atoms with Crippen LogP contribution >= 0.6 is 0 Å². The summed E-state index contributed by atoms with van der Waals surface area (Å²) in [5.41, 5.74) is 12.7. The fraction of sp³-hybridized carbons (Fsp3) is 0.273. The summed E-state index contributed by atoms with van der Waals surface area (Å²) >= 11 is 0. The predicted molar refractivity (Wildman–Crippen MR) is 145 cm³/mol. The van der Waals surface area contributed by atoms with Crippen LogP contribution in [0.25, 0.3) is 44.2 Å². The van der Waals surface area contributed by atoms with Crippen LogP contribution in [-0.4, -0.2) is 0 Å². The Hall–Kier alpha value is -3.32. The normalized spacial score (nSPS) is 13.5. The standard InChI is InChI=1S/C33H32O/c1-32(2,3)23-13-14-30-28(17-23)29-19-24(33(4,5)6)18-27(31(29)34-30)22-12-11-21-15-20-9-7-8-10-25(20)26(21)16-22/h7-14,16-19H,15H2,1-6H3. The molecule has 34 heavy (non-hydrogen) atoms. The minimum absolute atomic E-state index is 0.0392. The smallest absolute Gasteiger partial charge is 0.143 e. The molecule has 0 saturated heterocycles. The number of rotatable bonds is 1. The van der Waals surface area contributed by atoms with Gasteiger partial charge in [0.25, 0.3) is 0 Å². The number of furan rings is 1. The maximum Gasteiger partial charge on any atom is 0.143 e. The Kier molecular flexibility index (Phi) is 4.43.